The third-order valence-electron chi connectivity index (χ3n) is 4.64. The second kappa shape index (κ2) is 8.16. The first-order valence-electron chi connectivity index (χ1n) is 9.05. The van der Waals surface area contributed by atoms with Crippen LogP contribution >= 0.6 is 0 Å². The number of hydrogen-bond acceptors (Lipinski definition) is 7. The van der Waals surface area contributed by atoms with Crippen molar-refractivity contribution >= 4 is 29.0 Å². The SMILES string of the molecule is CCOC(=O)c1ccc(N2C(=O)C(O)=C(C(C)=O)[C@H]2c2cccc([N+](=O)[O-])c2)cc1. The Hall–Kier alpha value is -4.01. The van der Waals surface area contributed by atoms with Crippen LogP contribution < -0.4 is 4.90 Å². The maximum Gasteiger partial charge on any atom is 0.338 e. The lowest BCUT2D eigenvalue weighted by Gasteiger charge is -2.26. The molecule has 0 unspecified atom stereocenters. The van der Waals surface area contributed by atoms with Crippen molar-refractivity contribution in [1.29, 1.82) is 0 Å². The Morgan fingerprint density at radius 3 is 2.43 bits per heavy atom. The molecule has 0 spiro atoms. The van der Waals surface area contributed by atoms with E-state index in [0.29, 0.717) is 11.3 Å². The van der Waals surface area contributed by atoms with E-state index in [4.69, 9.17) is 4.74 Å². The summed E-state index contributed by atoms with van der Waals surface area (Å²) in [6, 6.07) is 10.3. The predicted molar refractivity (Wildman–Crippen MR) is 106 cm³/mol. The minimum Gasteiger partial charge on any atom is -0.503 e. The monoisotopic (exact) mass is 410 g/mol. The number of ether oxygens (including phenoxy) is 1. The van der Waals surface area contributed by atoms with Gasteiger partial charge in [0.2, 0.25) is 0 Å². The van der Waals surface area contributed by atoms with Crippen molar-refractivity contribution in [2.75, 3.05) is 11.5 Å². The van der Waals surface area contributed by atoms with Gasteiger partial charge in [-0.25, -0.2) is 4.79 Å². The number of hydrogen-bond donors (Lipinski definition) is 1. The number of ketones is 1. The van der Waals surface area contributed by atoms with Crippen LogP contribution in [-0.2, 0) is 14.3 Å². The molecule has 1 heterocycles. The van der Waals surface area contributed by atoms with Gasteiger partial charge in [0.1, 0.15) is 0 Å². The molecule has 0 bridgehead atoms. The molecule has 1 aliphatic rings. The number of carbonyl (C=O) groups excluding carboxylic acids is 3. The van der Waals surface area contributed by atoms with Crippen LogP contribution in [-0.4, -0.2) is 34.3 Å². The number of nitrogens with zero attached hydrogens (tertiary/aromatic N) is 2. The Morgan fingerprint density at radius 1 is 1.20 bits per heavy atom. The summed E-state index contributed by atoms with van der Waals surface area (Å²) in [4.78, 5) is 48.6. The van der Waals surface area contributed by atoms with Crippen molar-refractivity contribution < 1.29 is 29.2 Å². The summed E-state index contributed by atoms with van der Waals surface area (Å²) in [6.07, 6.45) is 0. The largest absolute Gasteiger partial charge is 0.503 e. The van der Waals surface area contributed by atoms with Gasteiger partial charge >= 0.3 is 5.97 Å². The molecule has 2 aromatic carbocycles. The quantitative estimate of drug-likeness (QED) is 0.440. The van der Waals surface area contributed by atoms with Crippen LogP contribution in [0.1, 0.15) is 35.8 Å². The zero-order valence-corrected chi connectivity index (χ0v) is 16.2. The normalized spacial score (nSPS) is 16.0. The van der Waals surface area contributed by atoms with Gasteiger partial charge in [0.25, 0.3) is 11.6 Å². The van der Waals surface area contributed by atoms with Gasteiger partial charge in [0, 0.05) is 17.8 Å². The molecule has 3 rings (SSSR count). The molecule has 0 saturated heterocycles. The number of aliphatic hydroxyl groups is 1. The van der Waals surface area contributed by atoms with Crippen molar-refractivity contribution in [2.24, 2.45) is 0 Å². The number of rotatable bonds is 6. The summed E-state index contributed by atoms with van der Waals surface area (Å²) < 4.78 is 4.93. The zero-order valence-electron chi connectivity index (χ0n) is 16.2. The van der Waals surface area contributed by atoms with Gasteiger partial charge in [-0.15, -0.1) is 0 Å². The summed E-state index contributed by atoms with van der Waals surface area (Å²) >= 11 is 0. The average molecular weight is 410 g/mol. The van der Waals surface area contributed by atoms with E-state index >= 15 is 0 Å². The molecule has 1 atom stereocenters. The predicted octanol–water partition coefficient (Wildman–Crippen LogP) is 3.26. The van der Waals surface area contributed by atoms with Crippen molar-refractivity contribution in [2.45, 2.75) is 19.9 Å². The van der Waals surface area contributed by atoms with Gasteiger partial charge in [-0.05, 0) is 43.7 Å². The number of aliphatic hydroxyl groups excluding tert-OH is 1. The molecule has 2 aromatic rings. The van der Waals surface area contributed by atoms with E-state index in [0.717, 1.165) is 0 Å². The van der Waals surface area contributed by atoms with E-state index in [1.165, 1.54) is 60.4 Å². The van der Waals surface area contributed by atoms with E-state index < -0.39 is 34.4 Å². The van der Waals surface area contributed by atoms with E-state index in [1.807, 2.05) is 0 Å². The van der Waals surface area contributed by atoms with E-state index in [2.05, 4.69) is 0 Å². The first kappa shape index (κ1) is 20.7. The first-order valence-corrected chi connectivity index (χ1v) is 9.05. The number of nitro benzene ring substituents is 1. The lowest BCUT2D eigenvalue weighted by molar-refractivity contribution is -0.384. The smallest absolute Gasteiger partial charge is 0.338 e. The van der Waals surface area contributed by atoms with Crippen LogP contribution in [0, 0.1) is 10.1 Å². The van der Waals surface area contributed by atoms with Gasteiger partial charge in [0.15, 0.2) is 11.5 Å². The number of carbonyl (C=O) groups is 3. The van der Waals surface area contributed by atoms with Gasteiger partial charge in [-0.3, -0.25) is 24.6 Å². The zero-order chi connectivity index (χ0) is 22.0. The standard InChI is InChI=1S/C21H18N2O7/c1-3-30-21(27)13-7-9-15(10-8-13)22-18(17(12(2)24)19(25)20(22)26)14-5-4-6-16(11-14)23(28)29/h4-11,18,25H,3H2,1-2H3/t18-/m1/s1. The van der Waals surface area contributed by atoms with Crippen LogP contribution in [0.5, 0.6) is 0 Å². The first-order chi connectivity index (χ1) is 14.3. The third-order valence-corrected chi connectivity index (χ3v) is 4.64. The van der Waals surface area contributed by atoms with Crippen LogP contribution in [0.2, 0.25) is 0 Å². The highest BCUT2D eigenvalue weighted by Gasteiger charge is 2.43. The Balaban J connectivity index is 2.09. The van der Waals surface area contributed by atoms with Crippen molar-refractivity contribution in [3.63, 3.8) is 0 Å². The summed E-state index contributed by atoms with van der Waals surface area (Å²) in [7, 11) is 0. The topological polar surface area (TPSA) is 127 Å². The van der Waals surface area contributed by atoms with E-state index in [9.17, 15) is 29.6 Å². The molecule has 9 nitrogen and oxygen atoms in total. The highest BCUT2D eigenvalue weighted by molar-refractivity contribution is 6.16. The third kappa shape index (κ3) is 3.64. The van der Waals surface area contributed by atoms with Gasteiger partial charge < -0.3 is 9.84 Å². The fourth-order valence-corrected chi connectivity index (χ4v) is 3.33. The molecular formula is C21H18N2O7. The number of non-ortho nitro benzene ring substituents is 1. The number of benzene rings is 2. The van der Waals surface area contributed by atoms with Crippen molar-refractivity contribution in [3.8, 4) is 0 Å². The van der Waals surface area contributed by atoms with Crippen LogP contribution in [0.3, 0.4) is 0 Å². The lowest BCUT2D eigenvalue weighted by atomic mass is 9.96. The van der Waals surface area contributed by atoms with Gasteiger partial charge in [-0.2, -0.15) is 0 Å². The minimum atomic E-state index is -1.05. The molecule has 154 valence electrons. The number of anilines is 1. The second-order valence-electron chi connectivity index (χ2n) is 6.52. The highest BCUT2D eigenvalue weighted by atomic mass is 16.6. The average Bonchev–Trinajstić information content (AvgIpc) is 2.99. The Kier molecular flexibility index (Phi) is 5.63. The number of Topliss-reactive ketones (excluding diaryl/α,β-unsaturated/α-hetero) is 1. The fourth-order valence-electron chi connectivity index (χ4n) is 3.33. The molecule has 0 radical (unpaired) electrons. The molecule has 1 aliphatic heterocycles. The molecule has 0 aliphatic carbocycles. The summed E-state index contributed by atoms with van der Waals surface area (Å²) in [5.74, 6) is -2.60. The van der Waals surface area contributed by atoms with E-state index in [1.54, 1.807) is 6.92 Å². The molecule has 0 aromatic heterocycles. The molecule has 1 amide bonds. The summed E-state index contributed by atoms with van der Waals surface area (Å²) in [6.45, 7) is 3.09. The van der Waals surface area contributed by atoms with Gasteiger partial charge in [0.05, 0.1) is 28.7 Å². The fraction of sp³-hybridized carbons (Fsp3) is 0.190. The Morgan fingerprint density at radius 2 is 1.87 bits per heavy atom. The van der Waals surface area contributed by atoms with Gasteiger partial charge in [-0.1, -0.05) is 12.1 Å². The maximum absolute atomic E-state index is 12.8. The summed E-state index contributed by atoms with van der Waals surface area (Å²) in [5, 5.41) is 21.5. The molecule has 0 fully saturated rings. The van der Waals surface area contributed by atoms with E-state index in [-0.39, 0.29) is 23.4 Å². The molecule has 9 heteroatoms. The maximum atomic E-state index is 12.8. The minimum absolute atomic E-state index is 0.157. The van der Waals surface area contributed by atoms with Crippen LogP contribution in [0.4, 0.5) is 11.4 Å². The number of nitro groups is 1. The lowest BCUT2D eigenvalue weighted by Crippen LogP contribution is -2.30. The van der Waals surface area contributed by atoms with Crippen molar-refractivity contribution in [1.82, 2.24) is 0 Å². The second-order valence-corrected chi connectivity index (χ2v) is 6.52. The molecular weight excluding hydrogens is 392 g/mol. The molecule has 30 heavy (non-hydrogen) atoms. The Bertz CT molecular complexity index is 1070. The van der Waals surface area contributed by atoms with Crippen molar-refractivity contribution in [3.05, 3.63) is 81.1 Å². The highest BCUT2D eigenvalue weighted by Crippen LogP contribution is 2.41. The van der Waals surface area contributed by atoms with Crippen LogP contribution in [0.25, 0.3) is 0 Å². The number of amides is 1. The number of esters is 1. The molecule has 0 saturated carbocycles. The van der Waals surface area contributed by atoms with Crippen LogP contribution in [0.15, 0.2) is 59.9 Å². The Labute approximate surface area is 171 Å². The molecule has 1 N–H and O–H groups in total. The summed E-state index contributed by atoms with van der Waals surface area (Å²) in [5.41, 5.74) is 0.485.